The first-order chi connectivity index (χ1) is 7.11. The van der Waals surface area contributed by atoms with Gasteiger partial charge in [-0.2, -0.15) is 4.31 Å². The Labute approximate surface area is 92.1 Å². The molecule has 1 saturated heterocycles. The van der Waals surface area contributed by atoms with Crippen LogP contribution in [0, 0.1) is 0 Å². The van der Waals surface area contributed by atoms with E-state index >= 15 is 0 Å². The van der Waals surface area contributed by atoms with Crippen LogP contribution in [0.25, 0.3) is 0 Å². The Kier molecular flexibility index (Phi) is 4.98. The minimum Gasteiger partial charge on any atom is -0.329 e. The largest absolute Gasteiger partial charge is 0.329 e. The molecule has 1 atom stereocenters. The standard InChI is InChI=1S/C9H21N3O2S/c1-2-3-6-15(13,14)12-5-4-11-8-9(12)7-10/h9,11H,2-8,10H2,1H3. The van der Waals surface area contributed by atoms with Gasteiger partial charge in [0.2, 0.25) is 10.0 Å². The van der Waals surface area contributed by atoms with E-state index in [1.165, 1.54) is 0 Å². The van der Waals surface area contributed by atoms with E-state index in [1.54, 1.807) is 4.31 Å². The molecule has 90 valence electrons. The van der Waals surface area contributed by atoms with Crippen LogP contribution in [0.3, 0.4) is 0 Å². The highest BCUT2D eigenvalue weighted by Crippen LogP contribution is 2.11. The third kappa shape index (κ3) is 3.41. The van der Waals surface area contributed by atoms with Crippen molar-refractivity contribution >= 4 is 10.0 Å². The van der Waals surface area contributed by atoms with Crippen molar-refractivity contribution in [2.75, 3.05) is 31.9 Å². The van der Waals surface area contributed by atoms with Crippen molar-refractivity contribution in [2.45, 2.75) is 25.8 Å². The Hall–Kier alpha value is -0.170. The van der Waals surface area contributed by atoms with Crippen LogP contribution >= 0.6 is 0 Å². The number of piperazine rings is 1. The Bertz CT molecular complexity index is 279. The lowest BCUT2D eigenvalue weighted by atomic mass is 10.2. The number of hydrogen-bond donors (Lipinski definition) is 2. The second kappa shape index (κ2) is 5.79. The fraction of sp³-hybridized carbons (Fsp3) is 1.00. The second-order valence-corrected chi connectivity index (χ2v) is 5.92. The molecular weight excluding hydrogens is 214 g/mol. The van der Waals surface area contributed by atoms with Gasteiger partial charge in [0, 0.05) is 32.2 Å². The molecule has 0 bridgehead atoms. The van der Waals surface area contributed by atoms with Gasteiger partial charge in [0.25, 0.3) is 0 Å². The van der Waals surface area contributed by atoms with E-state index in [4.69, 9.17) is 5.73 Å². The summed E-state index contributed by atoms with van der Waals surface area (Å²) in [5, 5.41) is 3.16. The van der Waals surface area contributed by atoms with Gasteiger partial charge in [-0.1, -0.05) is 13.3 Å². The van der Waals surface area contributed by atoms with Crippen molar-refractivity contribution in [3.63, 3.8) is 0 Å². The Morgan fingerprint density at radius 1 is 1.53 bits per heavy atom. The van der Waals surface area contributed by atoms with Crippen LogP contribution in [-0.4, -0.2) is 50.7 Å². The minimum absolute atomic E-state index is 0.0689. The number of hydrogen-bond acceptors (Lipinski definition) is 4. The molecule has 0 aromatic rings. The number of nitrogens with one attached hydrogen (secondary N) is 1. The van der Waals surface area contributed by atoms with Crippen molar-refractivity contribution in [3.8, 4) is 0 Å². The number of nitrogens with two attached hydrogens (primary N) is 1. The van der Waals surface area contributed by atoms with E-state index in [2.05, 4.69) is 5.32 Å². The monoisotopic (exact) mass is 235 g/mol. The summed E-state index contributed by atoms with van der Waals surface area (Å²) >= 11 is 0. The summed E-state index contributed by atoms with van der Waals surface area (Å²) < 4.78 is 25.5. The van der Waals surface area contributed by atoms with Crippen LogP contribution in [-0.2, 0) is 10.0 Å². The molecule has 0 amide bonds. The SMILES string of the molecule is CCCCS(=O)(=O)N1CCNCC1CN. The predicted molar refractivity (Wildman–Crippen MR) is 61.1 cm³/mol. The maximum absolute atomic E-state index is 12.0. The lowest BCUT2D eigenvalue weighted by molar-refractivity contribution is 0.272. The van der Waals surface area contributed by atoms with Crippen molar-refractivity contribution in [3.05, 3.63) is 0 Å². The van der Waals surface area contributed by atoms with Crippen molar-refractivity contribution in [1.82, 2.24) is 9.62 Å². The number of sulfonamides is 1. The molecule has 5 nitrogen and oxygen atoms in total. The molecule has 1 aliphatic rings. The van der Waals surface area contributed by atoms with E-state index in [0.29, 0.717) is 19.6 Å². The predicted octanol–water partition coefficient (Wildman–Crippen LogP) is -0.651. The summed E-state index contributed by atoms with van der Waals surface area (Å²) in [5.41, 5.74) is 5.57. The molecule has 1 aliphatic heterocycles. The first-order valence-electron chi connectivity index (χ1n) is 5.52. The van der Waals surface area contributed by atoms with Gasteiger partial charge < -0.3 is 11.1 Å². The van der Waals surface area contributed by atoms with E-state index in [1.807, 2.05) is 6.92 Å². The first kappa shape index (κ1) is 12.9. The van der Waals surface area contributed by atoms with Crippen LogP contribution in [0.4, 0.5) is 0 Å². The van der Waals surface area contributed by atoms with Gasteiger partial charge in [-0.05, 0) is 6.42 Å². The second-order valence-electron chi connectivity index (χ2n) is 3.87. The van der Waals surface area contributed by atoms with Crippen LogP contribution in [0.15, 0.2) is 0 Å². The van der Waals surface area contributed by atoms with Crippen LogP contribution in [0.1, 0.15) is 19.8 Å². The molecule has 6 heteroatoms. The molecule has 0 aromatic heterocycles. The molecular formula is C9H21N3O2S. The number of nitrogens with zero attached hydrogens (tertiary/aromatic N) is 1. The zero-order chi connectivity index (χ0) is 11.3. The number of rotatable bonds is 5. The Balaban J connectivity index is 2.65. The van der Waals surface area contributed by atoms with Gasteiger partial charge in [-0.25, -0.2) is 8.42 Å². The topological polar surface area (TPSA) is 75.4 Å². The highest BCUT2D eigenvalue weighted by Gasteiger charge is 2.30. The quantitative estimate of drug-likeness (QED) is 0.664. The average molecular weight is 235 g/mol. The lowest BCUT2D eigenvalue weighted by Gasteiger charge is -2.34. The molecule has 0 radical (unpaired) electrons. The molecule has 0 saturated carbocycles. The summed E-state index contributed by atoms with van der Waals surface area (Å²) in [6.45, 7) is 4.32. The molecule has 1 fully saturated rings. The number of unbranched alkanes of at least 4 members (excludes halogenated alkanes) is 1. The van der Waals surface area contributed by atoms with E-state index in [0.717, 1.165) is 19.4 Å². The summed E-state index contributed by atoms with van der Waals surface area (Å²) in [6, 6.07) is -0.0689. The van der Waals surface area contributed by atoms with Crippen LogP contribution < -0.4 is 11.1 Å². The maximum Gasteiger partial charge on any atom is 0.214 e. The molecule has 3 N–H and O–H groups in total. The summed E-state index contributed by atoms with van der Waals surface area (Å²) in [4.78, 5) is 0. The van der Waals surface area contributed by atoms with Crippen molar-refractivity contribution in [1.29, 1.82) is 0 Å². The van der Waals surface area contributed by atoms with Gasteiger partial charge in [0.1, 0.15) is 0 Å². The third-order valence-corrected chi connectivity index (χ3v) is 4.68. The van der Waals surface area contributed by atoms with Gasteiger partial charge in [0.15, 0.2) is 0 Å². The zero-order valence-electron chi connectivity index (χ0n) is 9.28. The van der Waals surface area contributed by atoms with E-state index in [9.17, 15) is 8.42 Å². The highest BCUT2D eigenvalue weighted by molar-refractivity contribution is 7.89. The summed E-state index contributed by atoms with van der Waals surface area (Å²) in [5.74, 6) is 0.250. The Morgan fingerprint density at radius 2 is 2.27 bits per heavy atom. The van der Waals surface area contributed by atoms with Crippen molar-refractivity contribution in [2.24, 2.45) is 5.73 Å². The molecule has 0 aliphatic carbocycles. The van der Waals surface area contributed by atoms with Gasteiger partial charge >= 0.3 is 0 Å². The molecule has 1 heterocycles. The average Bonchev–Trinajstić information content (AvgIpc) is 2.26. The summed E-state index contributed by atoms with van der Waals surface area (Å²) in [6.07, 6.45) is 1.63. The smallest absolute Gasteiger partial charge is 0.214 e. The Morgan fingerprint density at radius 3 is 2.87 bits per heavy atom. The van der Waals surface area contributed by atoms with Crippen molar-refractivity contribution < 1.29 is 8.42 Å². The minimum atomic E-state index is -3.09. The van der Waals surface area contributed by atoms with Gasteiger partial charge in [0.05, 0.1) is 5.75 Å². The van der Waals surface area contributed by atoms with E-state index < -0.39 is 10.0 Å². The molecule has 0 spiro atoms. The normalized spacial score (nSPS) is 24.3. The van der Waals surface area contributed by atoms with Crippen LogP contribution in [0.2, 0.25) is 0 Å². The molecule has 0 aromatic carbocycles. The molecule has 15 heavy (non-hydrogen) atoms. The van der Waals surface area contributed by atoms with Crippen LogP contribution in [0.5, 0.6) is 0 Å². The third-order valence-electron chi connectivity index (χ3n) is 2.68. The van der Waals surface area contributed by atoms with Gasteiger partial charge in [-0.15, -0.1) is 0 Å². The zero-order valence-corrected chi connectivity index (χ0v) is 10.1. The fourth-order valence-electron chi connectivity index (χ4n) is 1.75. The van der Waals surface area contributed by atoms with E-state index in [-0.39, 0.29) is 11.8 Å². The van der Waals surface area contributed by atoms with Gasteiger partial charge in [-0.3, -0.25) is 0 Å². The summed E-state index contributed by atoms with van der Waals surface area (Å²) in [7, 11) is -3.09. The first-order valence-corrected chi connectivity index (χ1v) is 7.13. The fourth-order valence-corrected chi connectivity index (χ4v) is 3.63. The molecule has 1 rings (SSSR count). The molecule has 1 unspecified atom stereocenters. The highest BCUT2D eigenvalue weighted by atomic mass is 32.2. The lowest BCUT2D eigenvalue weighted by Crippen LogP contribution is -2.56. The maximum atomic E-state index is 12.0.